The van der Waals surface area contributed by atoms with Crippen LogP contribution in [0, 0.1) is 6.92 Å². The van der Waals surface area contributed by atoms with Gasteiger partial charge in [0.05, 0.1) is 16.6 Å². The van der Waals surface area contributed by atoms with Gasteiger partial charge in [0.25, 0.3) is 5.91 Å². The molecule has 0 unspecified atom stereocenters. The van der Waals surface area contributed by atoms with Gasteiger partial charge in [-0.25, -0.2) is 9.78 Å². The van der Waals surface area contributed by atoms with Crippen molar-refractivity contribution >= 4 is 22.9 Å². The molecule has 1 saturated carbocycles. The van der Waals surface area contributed by atoms with Crippen LogP contribution in [-0.2, 0) is 11.8 Å². The average Bonchev–Trinajstić information content (AvgIpc) is 3.47. The van der Waals surface area contributed by atoms with Gasteiger partial charge >= 0.3 is 12.1 Å². The summed E-state index contributed by atoms with van der Waals surface area (Å²) in [5, 5.41) is 12.4. The Morgan fingerprint density at radius 1 is 1.27 bits per heavy atom. The van der Waals surface area contributed by atoms with E-state index in [9.17, 15) is 18.0 Å². The SMILES string of the molecule is Cc1nn(C)c2nc(C3CC3)cc(C(=O)N(CCN)CCN)c12.O=C(O)C(F)(F)F. The Hall–Kier alpha value is -2.73. The number of amides is 1. The largest absolute Gasteiger partial charge is 0.490 e. The van der Waals surface area contributed by atoms with E-state index in [-0.39, 0.29) is 5.91 Å². The Morgan fingerprint density at radius 2 is 1.80 bits per heavy atom. The lowest BCUT2D eigenvalue weighted by atomic mass is 10.1. The van der Waals surface area contributed by atoms with Crippen LogP contribution in [0.3, 0.4) is 0 Å². The molecule has 9 nitrogen and oxygen atoms in total. The number of nitrogens with zero attached hydrogens (tertiary/aromatic N) is 4. The second-order valence-corrected chi connectivity index (χ2v) is 6.95. The Bertz CT molecular complexity index is 918. The molecule has 2 aromatic heterocycles. The Balaban J connectivity index is 0.000000396. The molecule has 3 rings (SSSR count). The molecule has 1 fully saturated rings. The highest BCUT2D eigenvalue weighted by atomic mass is 19.4. The number of carbonyl (C=O) groups excluding carboxylic acids is 1. The summed E-state index contributed by atoms with van der Waals surface area (Å²) < 4.78 is 33.5. The Morgan fingerprint density at radius 3 is 2.23 bits per heavy atom. The third-order valence-electron chi connectivity index (χ3n) is 4.54. The summed E-state index contributed by atoms with van der Waals surface area (Å²) in [6.45, 7) is 3.74. The Kier molecular flexibility index (Phi) is 7.37. The van der Waals surface area contributed by atoms with Gasteiger partial charge in [0.2, 0.25) is 0 Å². The number of hydrogen-bond acceptors (Lipinski definition) is 6. The van der Waals surface area contributed by atoms with Gasteiger partial charge < -0.3 is 21.5 Å². The van der Waals surface area contributed by atoms with E-state index in [1.54, 1.807) is 9.58 Å². The van der Waals surface area contributed by atoms with Crippen LogP contribution < -0.4 is 11.5 Å². The summed E-state index contributed by atoms with van der Waals surface area (Å²) in [6.07, 6.45) is -2.81. The summed E-state index contributed by atoms with van der Waals surface area (Å²) >= 11 is 0. The fourth-order valence-corrected chi connectivity index (χ4v) is 3.02. The first kappa shape index (κ1) is 23.5. The normalized spacial score (nSPS) is 13.7. The van der Waals surface area contributed by atoms with Crippen molar-refractivity contribution in [3.05, 3.63) is 23.0 Å². The van der Waals surface area contributed by atoms with Gasteiger partial charge in [-0.05, 0) is 25.8 Å². The third-order valence-corrected chi connectivity index (χ3v) is 4.54. The number of carboxylic acids is 1. The van der Waals surface area contributed by atoms with E-state index < -0.39 is 12.1 Å². The van der Waals surface area contributed by atoms with Gasteiger partial charge in [-0.15, -0.1) is 0 Å². The fraction of sp³-hybridized carbons (Fsp3) is 0.556. The lowest BCUT2D eigenvalue weighted by Gasteiger charge is -2.22. The zero-order chi connectivity index (χ0) is 22.6. The zero-order valence-corrected chi connectivity index (χ0v) is 16.7. The summed E-state index contributed by atoms with van der Waals surface area (Å²) in [5.74, 6) is -2.32. The summed E-state index contributed by atoms with van der Waals surface area (Å²) in [5.41, 5.74) is 14.5. The molecule has 0 atom stereocenters. The van der Waals surface area contributed by atoms with Crippen molar-refractivity contribution in [3.8, 4) is 0 Å². The molecule has 0 aliphatic heterocycles. The predicted octanol–water partition coefficient (Wildman–Crippen LogP) is 1.15. The molecule has 0 radical (unpaired) electrons. The second-order valence-electron chi connectivity index (χ2n) is 6.95. The van der Waals surface area contributed by atoms with Gasteiger partial charge in [-0.2, -0.15) is 18.3 Å². The number of alkyl halides is 3. The maximum atomic E-state index is 13.0. The number of nitrogens with two attached hydrogens (primary N) is 2. The first-order valence-electron chi connectivity index (χ1n) is 9.35. The molecule has 0 saturated heterocycles. The lowest BCUT2D eigenvalue weighted by molar-refractivity contribution is -0.192. The molecule has 5 N–H and O–H groups in total. The smallest absolute Gasteiger partial charge is 0.475 e. The minimum Gasteiger partial charge on any atom is -0.475 e. The summed E-state index contributed by atoms with van der Waals surface area (Å²) in [7, 11) is 1.87. The maximum Gasteiger partial charge on any atom is 0.490 e. The predicted molar refractivity (Wildman–Crippen MR) is 103 cm³/mol. The number of halogens is 3. The lowest BCUT2D eigenvalue weighted by Crippen LogP contribution is -2.39. The van der Waals surface area contributed by atoms with Crippen LogP contribution in [0.25, 0.3) is 11.0 Å². The van der Waals surface area contributed by atoms with E-state index in [1.807, 2.05) is 20.0 Å². The van der Waals surface area contributed by atoms with Gasteiger partial charge in [0, 0.05) is 44.8 Å². The highest BCUT2D eigenvalue weighted by Crippen LogP contribution is 2.40. The minimum atomic E-state index is -5.08. The summed E-state index contributed by atoms with van der Waals surface area (Å²) in [4.78, 5) is 28.4. The molecule has 1 aliphatic rings. The van der Waals surface area contributed by atoms with Crippen LogP contribution in [0.2, 0.25) is 0 Å². The maximum absolute atomic E-state index is 13.0. The van der Waals surface area contributed by atoms with Crippen molar-refractivity contribution < 1.29 is 27.9 Å². The van der Waals surface area contributed by atoms with Crippen molar-refractivity contribution in [1.29, 1.82) is 0 Å². The van der Waals surface area contributed by atoms with E-state index in [1.165, 1.54) is 0 Å². The number of hydrogen-bond donors (Lipinski definition) is 3. The van der Waals surface area contributed by atoms with Crippen molar-refractivity contribution in [3.63, 3.8) is 0 Å². The second kappa shape index (κ2) is 9.39. The van der Waals surface area contributed by atoms with Crippen LogP contribution in [0.4, 0.5) is 13.2 Å². The Labute approximate surface area is 170 Å². The number of pyridine rings is 1. The van der Waals surface area contributed by atoms with E-state index >= 15 is 0 Å². The highest BCUT2D eigenvalue weighted by Gasteiger charge is 2.38. The molecule has 12 heteroatoms. The van der Waals surface area contributed by atoms with E-state index in [0.29, 0.717) is 37.7 Å². The molecule has 2 aromatic rings. The third kappa shape index (κ3) is 5.45. The van der Waals surface area contributed by atoms with Crippen molar-refractivity contribution in [2.24, 2.45) is 18.5 Å². The van der Waals surface area contributed by atoms with Crippen LogP contribution in [0.1, 0.15) is 40.5 Å². The van der Waals surface area contributed by atoms with Crippen LogP contribution in [-0.4, -0.2) is 69.0 Å². The monoisotopic (exact) mass is 430 g/mol. The summed E-state index contributed by atoms with van der Waals surface area (Å²) in [6, 6.07) is 1.94. The quantitative estimate of drug-likeness (QED) is 0.624. The number of carbonyl (C=O) groups is 2. The first-order valence-corrected chi connectivity index (χ1v) is 9.35. The molecular weight excluding hydrogens is 405 g/mol. The molecule has 30 heavy (non-hydrogen) atoms. The molecular formula is C18H25F3N6O3. The van der Waals surface area contributed by atoms with Gasteiger partial charge in [0.1, 0.15) is 0 Å². The number of fused-ring (bicyclic) bond motifs is 1. The van der Waals surface area contributed by atoms with Gasteiger partial charge in [0.15, 0.2) is 5.65 Å². The topological polar surface area (TPSA) is 140 Å². The van der Waals surface area contributed by atoms with Gasteiger partial charge in [-0.3, -0.25) is 9.48 Å². The molecule has 0 spiro atoms. The number of aromatic nitrogens is 3. The van der Waals surface area contributed by atoms with Crippen LogP contribution in [0.5, 0.6) is 0 Å². The number of rotatable bonds is 6. The zero-order valence-electron chi connectivity index (χ0n) is 16.7. The molecule has 166 valence electrons. The minimum absolute atomic E-state index is 0.0358. The number of carboxylic acid groups (broad SMARTS) is 1. The van der Waals surface area contributed by atoms with Crippen LogP contribution >= 0.6 is 0 Å². The average molecular weight is 430 g/mol. The standard InChI is InChI=1S/C16H24N6O.C2HF3O2/c1-10-14-12(16(23)22(7-5-17)8-6-18)9-13(11-3-4-11)19-15(14)21(2)20-10;3-2(4,5)1(6)7/h9,11H,3-8,17-18H2,1-2H3;(H,6,7). The fourth-order valence-electron chi connectivity index (χ4n) is 3.02. The van der Waals surface area contributed by atoms with Gasteiger partial charge in [-0.1, -0.05) is 0 Å². The molecule has 0 aromatic carbocycles. The van der Waals surface area contributed by atoms with Crippen molar-refractivity contribution in [2.45, 2.75) is 31.9 Å². The highest BCUT2D eigenvalue weighted by molar-refractivity contribution is 6.06. The van der Waals surface area contributed by atoms with E-state index in [2.05, 4.69) is 5.10 Å². The number of aliphatic carboxylic acids is 1. The van der Waals surface area contributed by atoms with Crippen molar-refractivity contribution in [1.82, 2.24) is 19.7 Å². The van der Waals surface area contributed by atoms with Crippen LogP contribution in [0.15, 0.2) is 6.07 Å². The first-order chi connectivity index (χ1) is 14.0. The number of aryl methyl sites for hydroxylation is 2. The molecule has 1 amide bonds. The van der Waals surface area contributed by atoms with E-state index in [4.69, 9.17) is 26.4 Å². The molecule has 2 heterocycles. The van der Waals surface area contributed by atoms with E-state index in [0.717, 1.165) is 35.3 Å². The van der Waals surface area contributed by atoms with Crippen molar-refractivity contribution in [2.75, 3.05) is 26.2 Å². The molecule has 1 aliphatic carbocycles. The molecule has 0 bridgehead atoms.